The Kier molecular flexibility index (Phi) is 5.20. The third-order valence-corrected chi connectivity index (χ3v) is 6.31. The van der Waals surface area contributed by atoms with Gasteiger partial charge in [0.1, 0.15) is 11.9 Å². The number of rotatable bonds is 7. The van der Waals surface area contributed by atoms with Crippen LogP contribution < -0.4 is 10.1 Å². The van der Waals surface area contributed by atoms with Gasteiger partial charge in [-0.1, -0.05) is 24.3 Å². The highest BCUT2D eigenvalue weighted by Crippen LogP contribution is 2.46. The lowest BCUT2D eigenvalue weighted by molar-refractivity contribution is 0.0786. The number of amides is 1. The van der Waals surface area contributed by atoms with Gasteiger partial charge in [0.05, 0.1) is 11.1 Å². The van der Waals surface area contributed by atoms with E-state index in [0.717, 1.165) is 47.9 Å². The maximum atomic E-state index is 13.2. The van der Waals surface area contributed by atoms with Gasteiger partial charge in [-0.15, -0.1) is 0 Å². The third-order valence-electron chi connectivity index (χ3n) is 6.31. The number of pyridine rings is 1. The molecule has 2 N–H and O–H groups in total. The highest BCUT2D eigenvalue weighted by atomic mass is 19.1. The predicted molar refractivity (Wildman–Crippen MR) is 123 cm³/mol. The molecule has 2 fully saturated rings. The van der Waals surface area contributed by atoms with E-state index in [2.05, 4.69) is 10.3 Å². The Labute approximate surface area is 192 Å². The van der Waals surface area contributed by atoms with Crippen molar-refractivity contribution in [1.82, 2.24) is 10.3 Å². The minimum atomic E-state index is -1.06. The summed E-state index contributed by atoms with van der Waals surface area (Å²) in [5.74, 6) is -0.0397. The van der Waals surface area contributed by atoms with Gasteiger partial charge in [0.25, 0.3) is 5.91 Å². The molecule has 6 heteroatoms. The van der Waals surface area contributed by atoms with Crippen LogP contribution in [0.4, 0.5) is 4.39 Å². The summed E-state index contributed by atoms with van der Waals surface area (Å²) >= 11 is 0. The number of halogens is 1. The molecule has 2 aliphatic carbocycles. The van der Waals surface area contributed by atoms with Crippen molar-refractivity contribution in [1.29, 1.82) is 0 Å². The summed E-state index contributed by atoms with van der Waals surface area (Å²) in [7, 11) is 0. The van der Waals surface area contributed by atoms with Crippen molar-refractivity contribution in [3.63, 3.8) is 0 Å². The smallest absolute Gasteiger partial charge is 0.251 e. The Balaban J connectivity index is 1.38. The van der Waals surface area contributed by atoms with Crippen LogP contribution in [-0.2, 0) is 11.1 Å². The Morgan fingerprint density at radius 1 is 1.12 bits per heavy atom. The van der Waals surface area contributed by atoms with Gasteiger partial charge < -0.3 is 15.2 Å². The molecule has 2 aliphatic rings. The lowest BCUT2D eigenvalue weighted by Crippen LogP contribution is -2.34. The zero-order valence-corrected chi connectivity index (χ0v) is 18.8. The molecule has 0 radical (unpaired) electrons. The molecule has 2 saturated carbocycles. The largest absolute Gasteiger partial charge is 0.474 e. The fourth-order valence-electron chi connectivity index (χ4n) is 4.06. The summed E-state index contributed by atoms with van der Waals surface area (Å²) in [5.41, 5.74) is 2.54. The second kappa shape index (κ2) is 7.96. The fraction of sp³-hybridized carbons (Fsp3) is 0.333. The molecule has 1 aromatic heterocycles. The number of hydrogen-bond donors (Lipinski definition) is 2. The van der Waals surface area contributed by atoms with Gasteiger partial charge in [-0.3, -0.25) is 4.79 Å². The average molecular weight is 447 g/mol. The summed E-state index contributed by atoms with van der Waals surface area (Å²) < 4.78 is 19.0. The van der Waals surface area contributed by atoms with Gasteiger partial charge in [0.2, 0.25) is 5.88 Å². The zero-order chi connectivity index (χ0) is 23.2. The summed E-state index contributed by atoms with van der Waals surface area (Å²) in [4.78, 5) is 17.1. The van der Waals surface area contributed by atoms with E-state index in [-0.39, 0.29) is 17.8 Å². The predicted octanol–water partition coefficient (Wildman–Crippen LogP) is 5.08. The van der Waals surface area contributed by atoms with Crippen LogP contribution in [0.5, 0.6) is 5.88 Å². The minimum absolute atomic E-state index is 0.212. The maximum Gasteiger partial charge on any atom is 0.251 e. The molecule has 0 aliphatic heterocycles. The van der Waals surface area contributed by atoms with E-state index in [1.807, 2.05) is 30.3 Å². The summed E-state index contributed by atoms with van der Waals surface area (Å²) in [6, 6.07) is 15.4. The molecule has 5 rings (SSSR count). The standard InChI is InChI=1S/C27H27FN2O3/c1-26(2,32)23-15-24(33-21-11-12-21)29-16-22(23)17-3-7-19(8-4-17)27(13-14-27)30-25(31)18-5-9-20(28)10-6-18/h3-10,15-16,21,32H,11-14H2,1-2H3,(H,30,31). The van der Waals surface area contributed by atoms with Crippen molar-refractivity contribution in [3.05, 3.63) is 83.3 Å². The molecule has 0 saturated heterocycles. The molecule has 33 heavy (non-hydrogen) atoms. The van der Waals surface area contributed by atoms with Gasteiger partial charge in [0, 0.05) is 23.4 Å². The van der Waals surface area contributed by atoms with Crippen LogP contribution in [0.1, 0.15) is 61.0 Å². The SMILES string of the molecule is CC(C)(O)c1cc(OC2CC2)ncc1-c1ccc(C2(NC(=O)c3ccc(F)cc3)CC2)cc1. The van der Waals surface area contributed by atoms with E-state index < -0.39 is 11.1 Å². The van der Waals surface area contributed by atoms with Gasteiger partial charge >= 0.3 is 0 Å². The molecule has 0 bridgehead atoms. The Morgan fingerprint density at radius 2 is 1.79 bits per heavy atom. The number of carbonyl (C=O) groups excluding carboxylic acids is 1. The lowest BCUT2D eigenvalue weighted by atomic mass is 9.90. The van der Waals surface area contributed by atoms with E-state index in [9.17, 15) is 14.3 Å². The first-order chi connectivity index (χ1) is 15.7. The quantitative estimate of drug-likeness (QED) is 0.531. The number of aromatic nitrogens is 1. The first-order valence-electron chi connectivity index (χ1n) is 11.3. The first kappa shape index (κ1) is 21.6. The van der Waals surface area contributed by atoms with Crippen LogP contribution in [0.25, 0.3) is 11.1 Å². The van der Waals surface area contributed by atoms with Crippen LogP contribution in [0, 0.1) is 5.82 Å². The van der Waals surface area contributed by atoms with Crippen LogP contribution >= 0.6 is 0 Å². The highest BCUT2D eigenvalue weighted by molar-refractivity contribution is 5.95. The number of ether oxygens (including phenoxy) is 1. The second-order valence-electron chi connectivity index (χ2n) is 9.56. The second-order valence-corrected chi connectivity index (χ2v) is 9.56. The highest BCUT2D eigenvalue weighted by Gasteiger charge is 2.45. The molecule has 2 aromatic carbocycles. The number of benzene rings is 2. The van der Waals surface area contributed by atoms with E-state index in [1.54, 1.807) is 20.0 Å². The normalized spacial score (nSPS) is 16.8. The Bertz CT molecular complexity index is 1180. The molecule has 0 unspecified atom stereocenters. The summed E-state index contributed by atoms with van der Waals surface area (Å²) in [6.45, 7) is 3.51. The van der Waals surface area contributed by atoms with E-state index in [4.69, 9.17) is 4.74 Å². The fourth-order valence-corrected chi connectivity index (χ4v) is 4.06. The van der Waals surface area contributed by atoms with Gasteiger partial charge in [-0.2, -0.15) is 0 Å². The molecular formula is C27H27FN2O3. The maximum absolute atomic E-state index is 13.2. The topological polar surface area (TPSA) is 71.5 Å². The molecule has 3 aromatic rings. The zero-order valence-electron chi connectivity index (χ0n) is 18.8. The van der Waals surface area contributed by atoms with Crippen molar-refractivity contribution >= 4 is 5.91 Å². The Hall–Kier alpha value is -3.25. The number of nitrogens with zero attached hydrogens (tertiary/aromatic N) is 1. The monoisotopic (exact) mass is 446 g/mol. The van der Waals surface area contributed by atoms with E-state index in [0.29, 0.717) is 11.4 Å². The number of aliphatic hydroxyl groups is 1. The number of carbonyl (C=O) groups is 1. The molecule has 1 amide bonds. The van der Waals surface area contributed by atoms with Crippen LogP contribution in [0.2, 0.25) is 0 Å². The molecule has 0 atom stereocenters. The molecule has 5 nitrogen and oxygen atoms in total. The summed E-state index contributed by atoms with van der Waals surface area (Å²) in [6.07, 6.45) is 5.77. The molecule has 1 heterocycles. The van der Waals surface area contributed by atoms with Gasteiger partial charge in [-0.05, 0) is 80.5 Å². The number of hydrogen-bond acceptors (Lipinski definition) is 4. The number of nitrogens with one attached hydrogen (secondary N) is 1. The van der Waals surface area contributed by atoms with Crippen LogP contribution in [0.15, 0.2) is 60.8 Å². The lowest BCUT2D eigenvalue weighted by Gasteiger charge is -2.23. The average Bonchev–Trinajstić information content (AvgIpc) is 3.72. The van der Waals surface area contributed by atoms with Crippen LogP contribution in [-0.4, -0.2) is 22.1 Å². The molecule has 170 valence electrons. The van der Waals surface area contributed by atoms with E-state index in [1.165, 1.54) is 24.3 Å². The van der Waals surface area contributed by atoms with E-state index >= 15 is 0 Å². The first-order valence-corrected chi connectivity index (χ1v) is 11.3. The van der Waals surface area contributed by atoms with Crippen molar-refractivity contribution in [2.24, 2.45) is 0 Å². The molecule has 0 spiro atoms. The van der Waals surface area contributed by atoms with Crippen molar-refractivity contribution in [2.75, 3.05) is 0 Å². The van der Waals surface area contributed by atoms with Gasteiger partial charge in [-0.25, -0.2) is 9.37 Å². The van der Waals surface area contributed by atoms with Crippen molar-refractivity contribution in [3.8, 4) is 17.0 Å². The van der Waals surface area contributed by atoms with Crippen molar-refractivity contribution < 1.29 is 19.0 Å². The van der Waals surface area contributed by atoms with Crippen molar-refractivity contribution in [2.45, 2.75) is 56.8 Å². The Morgan fingerprint density at radius 3 is 2.36 bits per heavy atom. The third kappa shape index (κ3) is 4.62. The minimum Gasteiger partial charge on any atom is -0.474 e. The molecular weight excluding hydrogens is 419 g/mol. The van der Waals surface area contributed by atoms with Gasteiger partial charge in [0.15, 0.2) is 0 Å². The summed E-state index contributed by atoms with van der Waals surface area (Å²) in [5, 5.41) is 13.9. The van der Waals surface area contributed by atoms with Crippen LogP contribution in [0.3, 0.4) is 0 Å².